The number of benzene rings is 1. The molecule has 1 heterocycles. The SMILES string of the molecule is FC(F)(F)c1ccc2c(c1)nc(CCl)n2C1CCC1. The van der Waals surface area contributed by atoms with Crippen LogP contribution in [0.3, 0.4) is 0 Å². The van der Waals surface area contributed by atoms with Gasteiger partial charge in [-0.25, -0.2) is 4.98 Å². The van der Waals surface area contributed by atoms with Gasteiger partial charge in [-0.3, -0.25) is 0 Å². The normalized spacial score (nSPS) is 16.8. The van der Waals surface area contributed by atoms with Crippen LogP contribution in [0.2, 0.25) is 0 Å². The van der Waals surface area contributed by atoms with Gasteiger partial charge in [-0.15, -0.1) is 11.6 Å². The smallest absolute Gasteiger partial charge is 0.324 e. The van der Waals surface area contributed by atoms with Gasteiger partial charge >= 0.3 is 6.18 Å². The third kappa shape index (κ3) is 2.10. The largest absolute Gasteiger partial charge is 0.416 e. The van der Waals surface area contributed by atoms with E-state index in [4.69, 9.17) is 11.6 Å². The highest BCUT2D eigenvalue weighted by molar-refractivity contribution is 6.16. The minimum atomic E-state index is -4.34. The van der Waals surface area contributed by atoms with Gasteiger partial charge in [0.2, 0.25) is 0 Å². The van der Waals surface area contributed by atoms with E-state index in [9.17, 15) is 13.2 Å². The highest BCUT2D eigenvalue weighted by Crippen LogP contribution is 2.37. The fourth-order valence-corrected chi connectivity index (χ4v) is 2.66. The lowest BCUT2D eigenvalue weighted by atomic mass is 9.92. The van der Waals surface area contributed by atoms with Gasteiger partial charge in [0.05, 0.1) is 22.5 Å². The maximum atomic E-state index is 12.7. The topological polar surface area (TPSA) is 17.8 Å². The first-order chi connectivity index (χ1) is 9.00. The average Bonchev–Trinajstić information content (AvgIpc) is 2.64. The molecule has 1 aromatic carbocycles. The summed E-state index contributed by atoms with van der Waals surface area (Å²) in [6, 6.07) is 4.03. The van der Waals surface area contributed by atoms with Gasteiger partial charge in [0.1, 0.15) is 5.82 Å². The molecule has 2 nitrogen and oxygen atoms in total. The predicted molar refractivity (Wildman–Crippen MR) is 67.2 cm³/mol. The van der Waals surface area contributed by atoms with Crippen LogP contribution in [0.4, 0.5) is 13.2 Å². The summed E-state index contributed by atoms with van der Waals surface area (Å²) in [5, 5.41) is 0. The molecule has 0 spiro atoms. The Kier molecular flexibility index (Phi) is 2.96. The molecule has 0 unspecified atom stereocenters. The van der Waals surface area contributed by atoms with Crippen LogP contribution in [0, 0.1) is 0 Å². The third-order valence-corrected chi connectivity index (χ3v) is 3.89. The zero-order valence-electron chi connectivity index (χ0n) is 10.0. The fraction of sp³-hybridized carbons (Fsp3) is 0.462. The first-order valence-electron chi connectivity index (χ1n) is 6.14. The van der Waals surface area contributed by atoms with Crippen LogP contribution in [0.1, 0.15) is 36.7 Å². The van der Waals surface area contributed by atoms with E-state index < -0.39 is 11.7 Å². The third-order valence-electron chi connectivity index (χ3n) is 3.65. The van der Waals surface area contributed by atoms with Crippen LogP contribution < -0.4 is 0 Å². The Morgan fingerprint density at radius 1 is 1.32 bits per heavy atom. The summed E-state index contributed by atoms with van der Waals surface area (Å²) in [5.74, 6) is 0.868. The maximum Gasteiger partial charge on any atom is 0.416 e. The lowest BCUT2D eigenvalue weighted by Gasteiger charge is -2.28. The minimum absolute atomic E-state index is 0.215. The highest BCUT2D eigenvalue weighted by Gasteiger charge is 2.32. The molecule has 1 aromatic heterocycles. The lowest BCUT2D eigenvalue weighted by Crippen LogP contribution is -2.18. The fourth-order valence-electron chi connectivity index (χ4n) is 2.47. The van der Waals surface area contributed by atoms with E-state index in [1.54, 1.807) is 0 Å². The van der Waals surface area contributed by atoms with E-state index >= 15 is 0 Å². The van der Waals surface area contributed by atoms with E-state index in [0.29, 0.717) is 17.4 Å². The van der Waals surface area contributed by atoms with Gasteiger partial charge in [0.25, 0.3) is 0 Å². The molecule has 1 saturated carbocycles. The van der Waals surface area contributed by atoms with Crippen molar-refractivity contribution >= 4 is 22.6 Å². The quantitative estimate of drug-likeness (QED) is 0.743. The molecule has 1 aliphatic rings. The summed E-state index contributed by atoms with van der Waals surface area (Å²) in [6.45, 7) is 0. The maximum absolute atomic E-state index is 12.7. The van der Waals surface area contributed by atoms with Crippen LogP contribution in [0.5, 0.6) is 0 Å². The Morgan fingerprint density at radius 3 is 2.58 bits per heavy atom. The van der Waals surface area contributed by atoms with Gasteiger partial charge in [-0.1, -0.05) is 0 Å². The zero-order chi connectivity index (χ0) is 13.6. The van der Waals surface area contributed by atoms with Crippen LogP contribution >= 0.6 is 11.6 Å². The molecule has 6 heteroatoms. The summed E-state index contributed by atoms with van der Waals surface area (Å²) in [4.78, 5) is 4.24. The molecular formula is C13H12ClF3N2. The number of halogens is 4. The summed E-state index contributed by atoms with van der Waals surface area (Å²) < 4.78 is 40.0. The first kappa shape index (κ1) is 12.8. The summed E-state index contributed by atoms with van der Waals surface area (Å²) in [6.07, 6.45) is -1.12. The molecule has 102 valence electrons. The molecule has 0 amide bonds. The van der Waals surface area contributed by atoms with E-state index in [1.165, 1.54) is 6.07 Å². The number of fused-ring (bicyclic) bond motifs is 1. The highest BCUT2D eigenvalue weighted by atomic mass is 35.5. The molecule has 0 bridgehead atoms. The number of aromatic nitrogens is 2. The molecule has 0 N–H and O–H groups in total. The van der Waals surface area contributed by atoms with Crippen molar-refractivity contribution in [3.8, 4) is 0 Å². The number of hydrogen-bond acceptors (Lipinski definition) is 1. The van der Waals surface area contributed by atoms with Crippen molar-refractivity contribution < 1.29 is 13.2 Å². The van der Waals surface area contributed by atoms with Crippen LogP contribution in [-0.4, -0.2) is 9.55 Å². The lowest BCUT2D eigenvalue weighted by molar-refractivity contribution is -0.137. The molecule has 0 saturated heterocycles. The molecule has 0 atom stereocenters. The van der Waals surface area contributed by atoms with Gasteiger partial charge < -0.3 is 4.57 Å². The van der Waals surface area contributed by atoms with Gasteiger partial charge in [-0.05, 0) is 37.5 Å². The monoisotopic (exact) mass is 288 g/mol. The Morgan fingerprint density at radius 2 is 2.05 bits per heavy atom. The van der Waals surface area contributed by atoms with E-state index in [2.05, 4.69) is 4.98 Å². The van der Waals surface area contributed by atoms with Crippen molar-refractivity contribution in [3.63, 3.8) is 0 Å². The first-order valence-corrected chi connectivity index (χ1v) is 6.68. The Hall–Kier alpha value is -1.23. The average molecular weight is 289 g/mol. The summed E-state index contributed by atoms with van der Waals surface area (Å²) in [5.41, 5.74) is 0.449. The van der Waals surface area contributed by atoms with Gasteiger partial charge in [0.15, 0.2) is 0 Å². The van der Waals surface area contributed by atoms with Crippen LogP contribution in [-0.2, 0) is 12.1 Å². The summed E-state index contributed by atoms with van der Waals surface area (Å²) in [7, 11) is 0. The minimum Gasteiger partial charge on any atom is -0.324 e. The van der Waals surface area contributed by atoms with Gasteiger partial charge in [0, 0.05) is 6.04 Å². The standard InChI is InChI=1S/C13H12ClF3N2/c14-7-12-18-10-6-8(13(15,16)17)4-5-11(10)19(12)9-2-1-3-9/h4-6,9H,1-3,7H2. The van der Waals surface area contributed by atoms with Crippen molar-refractivity contribution in [1.82, 2.24) is 9.55 Å². The number of alkyl halides is 4. The number of hydrogen-bond donors (Lipinski definition) is 0. The molecule has 1 aliphatic carbocycles. The van der Waals surface area contributed by atoms with Crippen molar-refractivity contribution in [3.05, 3.63) is 29.6 Å². The number of nitrogens with zero attached hydrogens (tertiary/aromatic N) is 2. The van der Waals surface area contributed by atoms with Crippen molar-refractivity contribution in [1.29, 1.82) is 0 Å². The van der Waals surface area contributed by atoms with Crippen LogP contribution in [0.25, 0.3) is 11.0 Å². The number of rotatable bonds is 2. The molecule has 3 rings (SSSR count). The Labute approximate surface area is 113 Å². The van der Waals surface area contributed by atoms with Gasteiger partial charge in [-0.2, -0.15) is 13.2 Å². The van der Waals surface area contributed by atoms with E-state index in [1.807, 2.05) is 4.57 Å². The molecule has 19 heavy (non-hydrogen) atoms. The summed E-state index contributed by atoms with van der Waals surface area (Å²) >= 11 is 5.85. The number of imidazole rings is 1. The zero-order valence-corrected chi connectivity index (χ0v) is 10.8. The van der Waals surface area contributed by atoms with Crippen molar-refractivity contribution in [2.45, 2.75) is 37.4 Å². The van der Waals surface area contributed by atoms with E-state index in [0.717, 1.165) is 36.9 Å². The molecule has 0 aliphatic heterocycles. The second-order valence-electron chi connectivity index (χ2n) is 4.82. The predicted octanol–water partition coefficient (Wildman–Crippen LogP) is 4.52. The molecule has 2 aromatic rings. The Balaban J connectivity index is 2.15. The van der Waals surface area contributed by atoms with Crippen molar-refractivity contribution in [2.24, 2.45) is 0 Å². The molecular weight excluding hydrogens is 277 g/mol. The second kappa shape index (κ2) is 4.40. The molecule has 1 fully saturated rings. The Bertz CT molecular complexity index is 614. The van der Waals surface area contributed by atoms with Crippen molar-refractivity contribution in [2.75, 3.05) is 0 Å². The van der Waals surface area contributed by atoms with E-state index in [-0.39, 0.29) is 5.88 Å². The molecule has 0 radical (unpaired) electrons. The van der Waals surface area contributed by atoms with Crippen LogP contribution in [0.15, 0.2) is 18.2 Å². The second-order valence-corrected chi connectivity index (χ2v) is 5.08.